The maximum absolute atomic E-state index is 12.3. The number of halogens is 1. The van der Waals surface area contributed by atoms with E-state index in [1.54, 1.807) is 0 Å². The number of amides is 1. The molecule has 1 aliphatic rings. The molecule has 2 N–H and O–H groups in total. The average molecular weight is 331 g/mol. The van der Waals surface area contributed by atoms with Crippen molar-refractivity contribution >= 4 is 29.7 Å². The van der Waals surface area contributed by atoms with Crippen LogP contribution in [0.4, 0.5) is 0 Å². The van der Waals surface area contributed by atoms with Gasteiger partial charge in [-0.15, -0.1) is 23.7 Å². The lowest BCUT2D eigenvalue weighted by Gasteiger charge is -2.34. The van der Waals surface area contributed by atoms with Crippen LogP contribution in [0.1, 0.15) is 42.4 Å². The third kappa shape index (κ3) is 5.61. The fourth-order valence-corrected chi connectivity index (χ4v) is 3.79. The van der Waals surface area contributed by atoms with Gasteiger partial charge in [-0.2, -0.15) is 0 Å². The van der Waals surface area contributed by atoms with Gasteiger partial charge in [0.15, 0.2) is 0 Å². The van der Waals surface area contributed by atoms with E-state index in [1.807, 2.05) is 16.2 Å². The second-order valence-electron chi connectivity index (χ2n) is 5.97. The van der Waals surface area contributed by atoms with Crippen molar-refractivity contribution in [2.45, 2.75) is 52.0 Å². The maximum atomic E-state index is 12.3. The number of aryl methyl sites for hydroxylation is 2. The Bertz CT molecular complexity index is 447. The van der Waals surface area contributed by atoms with Gasteiger partial charge in [-0.05, 0) is 57.6 Å². The van der Waals surface area contributed by atoms with Crippen LogP contribution in [0.2, 0.25) is 0 Å². The number of piperidine rings is 1. The van der Waals surface area contributed by atoms with Crippen molar-refractivity contribution in [1.29, 1.82) is 0 Å². The molecule has 2 unspecified atom stereocenters. The highest BCUT2D eigenvalue weighted by molar-refractivity contribution is 7.11. The summed E-state index contributed by atoms with van der Waals surface area (Å²) in [6, 6.07) is 4.52. The molecule has 120 valence electrons. The predicted molar refractivity (Wildman–Crippen MR) is 92.2 cm³/mol. The van der Waals surface area contributed by atoms with Gasteiger partial charge in [-0.1, -0.05) is 0 Å². The smallest absolute Gasteiger partial charge is 0.222 e. The molecule has 5 heteroatoms. The summed E-state index contributed by atoms with van der Waals surface area (Å²) in [5, 5.41) is 0. The highest BCUT2D eigenvalue weighted by Crippen LogP contribution is 2.21. The molecule has 1 aliphatic heterocycles. The summed E-state index contributed by atoms with van der Waals surface area (Å²) in [5.41, 5.74) is 5.97. The van der Waals surface area contributed by atoms with Gasteiger partial charge in [0.2, 0.25) is 5.91 Å². The van der Waals surface area contributed by atoms with Crippen molar-refractivity contribution in [3.8, 4) is 0 Å². The van der Waals surface area contributed by atoms with E-state index >= 15 is 0 Å². The van der Waals surface area contributed by atoms with Crippen molar-refractivity contribution in [3.63, 3.8) is 0 Å². The zero-order valence-corrected chi connectivity index (χ0v) is 14.6. The van der Waals surface area contributed by atoms with Gasteiger partial charge in [0.1, 0.15) is 0 Å². The van der Waals surface area contributed by atoms with Crippen LogP contribution in [-0.2, 0) is 11.2 Å². The topological polar surface area (TPSA) is 46.3 Å². The molecule has 0 bridgehead atoms. The molecule has 1 aromatic heterocycles. The summed E-state index contributed by atoms with van der Waals surface area (Å²) >= 11 is 1.84. The third-order valence-corrected chi connectivity index (χ3v) is 5.22. The second kappa shape index (κ2) is 8.76. The number of nitrogens with two attached hydrogens (primary N) is 1. The van der Waals surface area contributed by atoms with E-state index in [4.69, 9.17) is 5.73 Å². The van der Waals surface area contributed by atoms with Crippen LogP contribution >= 0.6 is 23.7 Å². The average Bonchev–Trinajstić information content (AvgIpc) is 2.84. The molecule has 2 rings (SSSR count). The number of hydrogen-bond donors (Lipinski definition) is 1. The maximum Gasteiger partial charge on any atom is 0.222 e. The Morgan fingerprint density at radius 2 is 2.29 bits per heavy atom. The molecule has 1 amide bonds. The first-order valence-electron chi connectivity index (χ1n) is 7.65. The van der Waals surface area contributed by atoms with E-state index in [-0.39, 0.29) is 18.4 Å². The van der Waals surface area contributed by atoms with Crippen molar-refractivity contribution in [1.82, 2.24) is 4.90 Å². The lowest BCUT2D eigenvalue weighted by atomic mass is 9.92. The Hall–Kier alpha value is -0.580. The number of rotatable bonds is 5. The van der Waals surface area contributed by atoms with E-state index in [2.05, 4.69) is 26.0 Å². The molecular formula is C16H27ClN2OS. The monoisotopic (exact) mass is 330 g/mol. The normalized spacial score (nSPS) is 20.0. The number of thiophene rings is 1. The van der Waals surface area contributed by atoms with E-state index in [0.717, 1.165) is 38.8 Å². The van der Waals surface area contributed by atoms with Gasteiger partial charge in [0.25, 0.3) is 0 Å². The summed E-state index contributed by atoms with van der Waals surface area (Å²) in [6.07, 6.45) is 4.91. The van der Waals surface area contributed by atoms with Crippen LogP contribution in [0.15, 0.2) is 12.1 Å². The van der Waals surface area contributed by atoms with Gasteiger partial charge in [-0.25, -0.2) is 0 Å². The Kier molecular flexibility index (Phi) is 7.71. The van der Waals surface area contributed by atoms with Crippen molar-refractivity contribution in [2.24, 2.45) is 11.7 Å². The zero-order chi connectivity index (χ0) is 14.5. The minimum absolute atomic E-state index is 0. The Morgan fingerprint density at radius 1 is 1.52 bits per heavy atom. The van der Waals surface area contributed by atoms with Crippen LogP contribution in [0.3, 0.4) is 0 Å². The molecule has 3 nitrogen and oxygen atoms in total. The molecule has 1 aromatic rings. The van der Waals surface area contributed by atoms with Crippen LogP contribution in [0.5, 0.6) is 0 Å². The predicted octanol–water partition coefficient (Wildman–Crippen LogP) is 3.39. The molecule has 1 saturated heterocycles. The minimum atomic E-state index is 0. The zero-order valence-electron chi connectivity index (χ0n) is 13.0. The molecule has 0 radical (unpaired) electrons. The van der Waals surface area contributed by atoms with Crippen LogP contribution in [0.25, 0.3) is 0 Å². The number of likely N-dealkylation sites (tertiary alicyclic amines) is 1. The largest absolute Gasteiger partial charge is 0.342 e. The quantitative estimate of drug-likeness (QED) is 0.899. The van der Waals surface area contributed by atoms with E-state index < -0.39 is 0 Å². The summed E-state index contributed by atoms with van der Waals surface area (Å²) in [7, 11) is 0. The van der Waals surface area contributed by atoms with Gasteiger partial charge in [0.05, 0.1) is 0 Å². The third-order valence-electron chi connectivity index (χ3n) is 4.16. The first kappa shape index (κ1) is 18.5. The molecule has 1 fully saturated rings. The highest BCUT2D eigenvalue weighted by atomic mass is 35.5. The van der Waals surface area contributed by atoms with Crippen molar-refractivity contribution in [2.75, 3.05) is 13.1 Å². The van der Waals surface area contributed by atoms with Gasteiger partial charge < -0.3 is 10.6 Å². The molecular weight excluding hydrogens is 304 g/mol. The number of nitrogens with zero attached hydrogens (tertiary/aromatic N) is 1. The first-order chi connectivity index (χ1) is 9.56. The standard InChI is InChI=1S/C16H26N2OS.ClH/c1-12-8-9-15(20-12)6-3-7-16(19)18-10-4-5-14(11-18)13(2)17;/h8-9,13-14H,3-7,10-11,17H2,1-2H3;1H. The van der Waals surface area contributed by atoms with Crippen LogP contribution < -0.4 is 5.73 Å². The SMILES string of the molecule is Cc1ccc(CCCC(=O)N2CCCC(C(C)N)C2)s1.Cl. The molecule has 21 heavy (non-hydrogen) atoms. The molecule has 0 saturated carbocycles. The van der Waals surface area contributed by atoms with E-state index in [9.17, 15) is 4.79 Å². The van der Waals surface area contributed by atoms with Crippen LogP contribution in [0, 0.1) is 12.8 Å². The van der Waals surface area contributed by atoms with Gasteiger partial charge >= 0.3 is 0 Å². The number of carbonyl (C=O) groups is 1. The lowest BCUT2D eigenvalue weighted by Crippen LogP contribution is -2.45. The molecule has 2 atom stereocenters. The van der Waals surface area contributed by atoms with E-state index in [0.29, 0.717) is 18.2 Å². The van der Waals surface area contributed by atoms with Gasteiger partial charge in [0, 0.05) is 35.3 Å². The first-order valence-corrected chi connectivity index (χ1v) is 8.46. The summed E-state index contributed by atoms with van der Waals surface area (Å²) in [4.78, 5) is 17.0. The Labute approximate surface area is 138 Å². The van der Waals surface area contributed by atoms with Crippen molar-refractivity contribution in [3.05, 3.63) is 21.9 Å². The van der Waals surface area contributed by atoms with E-state index in [1.165, 1.54) is 9.75 Å². The van der Waals surface area contributed by atoms with Gasteiger partial charge in [-0.3, -0.25) is 4.79 Å². The molecule has 2 heterocycles. The molecule has 0 spiro atoms. The number of carbonyl (C=O) groups excluding carboxylic acids is 1. The molecule has 0 aromatic carbocycles. The Morgan fingerprint density at radius 3 is 2.90 bits per heavy atom. The highest BCUT2D eigenvalue weighted by Gasteiger charge is 2.25. The summed E-state index contributed by atoms with van der Waals surface area (Å²) in [6.45, 7) is 5.95. The number of hydrogen-bond acceptors (Lipinski definition) is 3. The van der Waals surface area contributed by atoms with Crippen LogP contribution in [-0.4, -0.2) is 29.9 Å². The molecule has 0 aliphatic carbocycles. The summed E-state index contributed by atoms with van der Waals surface area (Å²) < 4.78 is 0. The fourth-order valence-electron chi connectivity index (χ4n) is 2.86. The Balaban J connectivity index is 0.00000220. The minimum Gasteiger partial charge on any atom is -0.342 e. The fraction of sp³-hybridized carbons (Fsp3) is 0.688. The summed E-state index contributed by atoms with van der Waals surface area (Å²) in [5.74, 6) is 0.788. The van der Waals surface area contributed by atoms with Crippen molar-refractivity contribution < 1.29 is 4.79 Å². The lowest BCUT2D eigenvalue weighted by molar-refractivity contribution is -0.133. The second-order valence-corrected chi connectivity index (χ2v) is 7.34.